The van der Waals surface area contributed by atoms with Crippen LogP contribution >= 0.6 is 45.8 Å². The van der Waals surface area contributed by atoms with E-state index >= 15 is 0 Å². The fraction of sp³-hybridized carbons (Fsp3) is 0.316. The molecule has 142 valence electrons. The van der Waals surface area contributed by atoms with Crippen LogP contribution in [0.2, 0.25) is 0 Å². The van der Waals surface area contributed by atoms with E-state index in [1.54, 1.807) is 34.0 Å². The van der Waals surface area contributed by atoms with Gasteiger partial charge in [-0.1, -0.05) is 27.2 Å². The summed E-state index contributed by atoms with van der Waals surface area (Å²) >= 11 is 6.73. The predicted molar refractivity (Wildman–Crippen MR) is 123 cm³/mol. The number of aromatic nitrogens is 3. The number of anilines is 1. The number of thiazole rings is 2. The number of hydrogen-bond donors (Lipinski definition) is 1. The Kier molecular flexibility index (Phi) is 7.23. The highest BCUT2D eigenvalue weighted by molar-refractivity contribution is 8.01. The van der Waals surface area contributed by atoms with Crippen LogP contribution in [0.5, 0.6) is 0 Å². The number of fused-ring (bicyclic) bond motifs is 1. The monoisotopic (exact) mass is 434 g/mol. The van der Waals surface area contributed by atoms with Gasteiger partial charge in [-0.2, -0.15) is 0 Å². The zero-order valence-corrected chi connectivity index (χ0v) is 18.8. The van der Waals surface area contributed by atoms with Crippen molar-refractivity contribution in [3.8, 4) is 21.3 Å². The van der Waals surface area contributed by atoms with Gasteiger partial charge in [0.1, 0.15) is 20.5 Å². The number of nitrogens with zero attached hydrogens (tertiary/aromatic N) is 3. The third kappa shape index (κ3) is 4.34. The molecule has 0 unspecified atom stereocenters. The van der Waals surface area contributed by atoms with Crippen molar-refractivity contribution < 1.29 is 0 Å². The van der Waals surface area contributed by atoms with E-state index in [0.29, 0.717) is 0 Å². The van der Waals surface area contributed by atoms with Gasteiger partial charge >= 0.3 is 0 Å². The summed E-state index contributed by atoms with van der Waals surface area (Å²) in [5.74, 6) is 1.08. The van der Waals surface area contributed by atoms with Gasteiger partial charge in [-0.15, -0.1) is 45.8 Å². The second-order valence-electron chi connectivity index (χ2n) is 5.41. The molecule has 0 bridgehead atoms. The van der Waals surface area contributed by atoms with Gasteiger partial charge in [-0.3, -0.25) is 0 Å². The van der Waals surface area contributed by atoms with Crippen LogP contribution in [-0.2, 0) is 0 Å². The van der Waals surface area contributed by atoms with Crippen molar-refractivity contribution in [2.45, 2.75) is 37.8 Å². The maximum absolute atomic E-state index is 6.51. The molecule has 0 spiro atoms. The second kappa shape index (κ2) is 9.64. The van der Waals surface area contributed by atoms with Crippen LogP contribution in [0, 0.1) is 0 Å². The topological polar surface area (TPSA) is 64.7 Å². The number of nitrogens with two attached hydrogens (primary N) is 1. The molecule has 0 aromatic carbocycles. The lowest BCUT2D eigenvalue weighted by atomic mass is 10.1. The Morgan fingerprint density at radius 3 is 2.41 bits per heavy atom. The van der Waals surface area contributed by atoms with Crippen molar-refractivity contribution >= 4 is 61.7 Å². The minimum Gasteiger partial charge on any atom is -0.397 e. The molecule has 0 aliphatic rings. The fourth-order valence-corrected chi connectivity index (χ4v) is 6.21. The van der Waals surface area contributed by atoms with Crippen molar-refractivity contribution in [3.05, 3.63) is 29.2 Å². The summed E-state index contributed by atoms with van der Waals surface area (Å²) in [7, 11) is 0. The summed E-state index contributed by atoms with van der Waals surface area (Å²) < 4.78 is 1.16. The van der Waals surface area contributed by atoms with Gasteiger partial charge in [0.25, 0.3) is 0 Å². The van der Waals surface area contributed by atoms with Crippen molar-refractivity contribution in [1.82, 2.24) is 15.0 Å². The quantitative estimate of drug-likeness (QED) is 0.260. The number of pyridine rings is 1. The highest BCUT2D eigenvalue weighted by Crippen LogP contribution is 2.45. The molecule has 27 heavy (non-hydrogen) atoms. The SMILES string of the molecule is CC.CCCCSc1sc2nc(-c3nccs3)cc(-c3nccs3)c2c1N. The minimum atomic E-state index is 0.837. The molecule has 0 aliphatic heterocycles. The summed E-state index contributed by atoms with van der Waals surface area (Å²) in [4.78, 5) is 14.7. The van der Waals surface area contributed by atoms with Gasteiger partial charge in [0.2, 0.25) is 0 Å². The van der Waals surface area contributed by atoms with E-state index < -0.39 is 0 Å². The van der Waals surface area contributed by atoms with Gasteiger partial charge in [-0.25, -0.2) is 15.0 Å². The highest BCUT2D eigenvalue weighted by atomic mass is 32.2. The van der Waals surface area contributed by atoms with Gasteiger partial charge in [-0.05, 0) is 18.2 Å². The molecule has 4 nitrogen and oxygen atoms in total. The summed E-state index contributed by atoms with van der Waals surface area (Å²) in [6, 6.07) is 2.07. The van der Waals surface area contributed by atoms with Crippen molar-refractivity contribution in [2.24, 2.45) is 0 Å². The van der Waals surface area contributed by atoms with E-state index in [-0.39, 0.29) is 0 Å². The van der Waals surface area contributed by atoms with E-state index in [1.165, 1.54) is 12.8 Å². The molecule has 0 saturated carbocycles. The minimum absolute atomic E-state index is 0.837. The molecule has 0 radical (unpaired) electrons. The Hall–Kier alpha value is -1.48. The van der Waals surface area contributed by atoms with Crippen LogP contribution in [-0.4, -0.2) is 20.7 Å². The van der Waals surface area contributed by atoms with Gasteiger partial charge in [0, 0.05) is 34.1 Å². The van der Waals surface area contributed by atoms with Gasteiger partial charge in [0.05, 0.1) is 9.90 Å². The zero-order chi connectivity index (χ0) is 19.2. The van der Waals surface area contributed by atoms with E-state index in [9.17, 15) is 0 Å². The second-order valence-corrected chi connectivity index (χ2v) is 9.57. The van der Waals surface area contributed by atoms with Crippen LogP contribution in [0.4, 0.5) is 5.69 Å². The summed E-state index contributed by atoms with van der Waals surface area (Å²) in [6.07, 6.45) is 6.02. The lowest BCUT2D eigenvalue weighted by Crippen LogP contribution is -1.90. The molecule has 0 amide bonds. The largest absolute Gasteiger partial charge is 0.397 e. The van der Waals surface area contributed by atoms with E-state index in [1.807, 2.05) is 48.8 Å². The maximum atomic E-state index is 6.51. The first-order chi connectivity index (χ1) is 13.3. The Balaban J connectivity index is 0.00000102. The molecule has 0 aliphatic carbocycles. The lowest BCUT2D eigenvalue weighted by molar-refractivity contribution is 0.897. The molecule has 0 saturated heterocycles. The number of unbranched alkanes of at least 4 members (excludes halogenated alkanes) is 1. The molecule has 4 heterocycles. The molecule has 4 aromatic heterocycles. The first kappa shape index (κ1) is 20.3. The van der Waals surface area contributed by atoms with E-state index in [2.05, 4.69) is 23.0 Å². The van der Waals surface area contributed by atoms with Gasteiger partial charge < -0.3 is 5.73 Å². The number of nitrogen functional groups attached to an aromatic ring is 1. The third-order valence-electron chi connectivity index (χ3n) is 3.71. The highest BCUT2D eigenvalue weighted by Gasteiger charge is 2.19. The molecule has 4 rings (SSSR count). The standard InChI is InChI=1S/C17H16N4S4.C2H6/c1-2-3-6-24-17-13(18)12-10(14-19-4-7-22-14)9-11(21-16(12)25-17)15-20-5-8-23-15;1-2/h4-5,7-9H,2-3,6,18H2,1H3;1-2H3. The summed E-state index contributed by atoms with van der Waals surface area (Å²) in [5.41, 5.74) is 9.29. The zero-order valence-electron chi connectivity index (χ0n) is 15.6. The molecule has 2 N–H and O–H groups in total. The molecule has 8 heteroatoms. The Bertz CT molecular complexity index is 975. The van der Waals surface area contributed by atoms with Crippen LogP contribution in [0.15, 0.2) is 33.4 Å². The predicted octanol–water partition coefficient (Wildman–Crippen LogP) is 7.04. The molecular formula is C19H22N4S4. The Morgan fingerprint density at radius 1 is 1.07 bits per heavy atom. The summed E-state index contributed by atoms with van der Waals surface area (Å²) in [6.45, 7) is 6.21. The normalized spacial score (nSPS) is 10.8. The lowest BCUT2D eigenvalue weighted by Gasteiger charge is -2.04. The molecule has 0 atom stereocenters. The van der Waals surface area contributed by atoms with Crippen LogP contribution in [0.3, 0.4) is 0 Å². The average Bonchev–Trinajstić information content (AvgIpc) is 3.45. The first-order valence-electron chi connectivity index (χ1n) is 8.93. The van der Waals surface area contributed by atoms with Crippen molar-refractivity contribution in [2.75, 3.05) is 11.5 Å². The smallest absolute Gasteiger partial charge is 0.141 e. The third-order valence-corrected chi connectivity index (χ3v) is 7.78. The fourth-order valence-electron chi connectivity index (χ4n) is 2.50. The molecule has 4 aromatic rings. The summed E-state index contributed by atoms with van der Waals surface area (Å²) in [5, 5.41) is 6.88. The van der Waals surface area contributed by atoms with Crippen LogP contribution in [0.25, 0.3) is 31.5 Å². The number of thiophene rings is 1. The first-order valence-corrected chi connectivity index (χ1v) is 12.5. The van der Waals surface area contributed by atoms with Crippen molar-refractivity contribution in [1.29, 1.82) is 0 Å². The Labute approximate surface area is 175 Å². The van der Waals surface area contributed by atoms with Crippen LogP contribution in [0.1, 0.15) is 33.6 Å². The van der Waals surface area contributed by atoms with Crippen molar-refractivity contribution in [3.63, 3.8) is 0 Å². The van der Waals surface area contributed by atoms with Gasteiger partial charge in [0.15, 0.2) is 0 Å². The van der Waals surface area contributed by atoms with E-state index in [4.69, 9.17) is 10.7 Å². The maximum Gasteiger partial charge on any atom is 0.141 e. The van der Waals surface area contributed by atoms with E-state index in [0.717, 1.165) is 47.1 Å². The molecule has 0 fully saturated rings. The Morgan fingerprint density at radius 2 is 1.78 bits per heavy atom. The molecular weight excluding hydrogens is 413 g/mol. The van der Waals surface area contributed by atoms with Crippen LogP contribution < -0.4 is 5.73 Å². The number of rotatable bonds is 6. The number of thioether (sulfide) groups is 1. The average molecular weight is 435 g/mol. The number of hydrogen-bond acceptors (Lipinski definition) is 8.